The van der Waals surface area contributed by atoms with Crippen molar-refractivity contribution in [2.24, 2.45) is 0 Å². The van der Waals surface area contributed by atoms with Gasteiger partial charge in [0.15, 0.2) is 0 Å². The van der Waals surface area contributed by atoms with Gasteiger partial charge < -0.3 is 10.0 Å². The standard InChI is InChI=1S/C10H14N2O/c1-2-8-9(13)7-12(8)10-5-3-4-6-11-10/h3-6,8-9,13H,2,7H2,1H3. The summed E-state index contributed by atoms with van der Waals surface area (Å²) in [5.41, 5.74) is 0. The first-order chi connectivity index (χ1) is 6.33. The summed E-state index contributed by atoms with van der Waals surface area (Å²) in [4.78, 5) is 6.39. The van der Waals surface area contributed by atoms with E-state index >= 15 is 0 Å². The molecule has 0 bridgehead atoms. The van der Waals surface area contributed by atoms with Gasteiger partial charge in [0.2, 0.25) is 0 Å². The molecule has 2 unspecified atom stereocenters. The van der Waals surface area contributed by atoms with Crippen LogP contribution < -0.4 is 4.90 Å². The van der Waals surface area contributed by atoms with Crippen molar-refractivity contribution in [3.8, 4) is 0 Å². The van der Waals surface area contributed by atoms with Crippen molar-refractivity contribution in [1.29, 1.82) is 0 Å². The number of aromatic nitrogens is 1. The maximum Gasteiger partial charge on any atom is 0.128 e. The molecule has 1 saturated heterocycles. The first-order valence-corrected chi connectivity index (χ1v) is 4.68. The van der Waals surface area contributed by atoms with Crippen molar-refractivity contribution in [2.75, 3.05) is 11.4 Å². The van der Waals surface area contributed by atoms with Crippen molar-refractivity contribution >= 4 is 5.82 Å². The second-order valence-corrected chi connectivity index (χ2v) is 3.38. The molecule has 0 aliphatic carbocycles. The Hall–Kier alpha value is -1.09. The topological polar surface area (TPSA) is 36.4 Å². The van der Waals surface area contributed by atoms with E-state index in [9.17, 15) is 5.11 Å². The molecule has 1 aliphatic rings. The zero-order valence-corrected chi connectivity index (χ0v) is 7.72. The Morgan fingerprint density at radius 1 is 1.62 bits per heavy atom. The van der Waals surface area contributed by atoms with Crippen LogP contribution in [-0.2, 0) is 0 Å². The Morgan fingerprint density at radius 2 is 2.46 bits per heavy atom. The molecule has 1 aromatic heterocycles. The highest BCUT2D eigenvalue weighted by Gasteiger charge is 2.36. The average Bonchev–Trinajstić information content (AvgIpc) is 2.16. The van der Waals surface area contributed by atoms with Gasteiger partial charge in [-0.05, 0) is 18.6 Å². The quantitative estimate of drug-likeness (QED) is 0.735. The summed E-state index contributed by atoms with van der Waals surface area (Å²) < 4.78 is 0. The van der Waals surface area contributed by atoms with Gasteiger partial charge in [-0.25, -0.2) is 4.98 Å². The highest BCUT2D eigenvalue weighted by molar-refractivity contribution is 5.43. The number of aliphatic hydroxyl groups excluding tert-OH is 1. The van der Waals surface area contributed by atoms with E-state index < -0.39 is 0 Å². The van der Waals surface area contributed by atoms with E-state index in [-0.39, 0.29) is 12.1 Å². The SMILES string of the molecule is CCC1C(O)CN1c1ccccn1. The molecule has 0 aromatic carbocycles. The number of aliphatic hydroxyl groups is 1. The third kappa shape index (κ3) is 1.40. The number of rotatable bonds is 2. The first kappa shape index (κ1) is 8.51. The number of hydrogen-bond acceptors (Lipinski definition) is 3. The maximum absolute atomic E-state index is 9.47. The summed E-state index contributed by atoms with van der Waals surface area (Å²) in [5, 5.41) is 9.47. The van der Waals surface area contributed by atoms with Gasteiger partial charge >= 0.3 is 0 Å². The van der Waals surface area contributed by atoms with Crippen molar-refractivity contribution in [2.45, 2.75) is 25.5 Å². The Balaban J connectivity index is 2.12. The molecule has 0 spiro atoms. The van der Waals surface area contributed by atoms with E-state index in [2.05, 4.69) is 16.8 Å². The molecule has 1 fully saturated rings. The van der Waals surface area contributed by atoms with Crippen molar-refractivity contribution in [1.82, 2.24) is 4.98 Å². The van der Waals surface area contributed by atoms with Crippen LogP contribution in [-0.4, -0.2) is 28.8 Å². The van der Waals surface area contributed by atoms with Crippen LogP contribution in [0.2, 0.25) is 0 Å². The Bertz CT molecular complexity index is 276. The van der Waals surface area contributed by atoms with Crippen molar-refractivity contribution < 1.29 is 5.11 Å². The van der Waals surface area contributed by atoms with E-state index in [1.807, 2.05) is 18.2 Å². The lowest BCUT2D eigenvalue weighted by atomic mass is 9.97. The largest absolute Gasteiger partial charge is 0.389 e. The van der Waals surface area contributed by atoms with E-state index in [4.69, 9.17) is 0 Å². The highest BCUT2D eigenvalue weighted by atomic mass is 16.3. The summed E-state index contributed by atoms with van der Waals surface area (Å²) in [6.07, 6.45) is 2.58. The Morgan fingerprint density at radius 3 is 3.00 bits per heavy atom. The molecule has 70 valence electrons. The van der Waals surface area contributed by atoms with Crippen LogP contribution in [0.4, 0.5) is 5.82 Å². The summed E-state index contributed by atoms with van der Waals surface area (Å²) in [6, 6.07) is 6.12. The molecule has 2 rings (SSSR count). The second-order valence-electron chi connectivity index (χ2n) is 3.38. The summed E-state index contributed by atoms with van der Waals surface area (Å²) in [5.74, 6) is 0.972. The second kappa shape index (κ2) is 3.34. The third-order valence-electron chi connectivity index (χ3n) is 2.59. The van der Waals surface area contributed by atoms with Crippen LogP contribution in [0.1, 0.15) is 13.3 Å². The van der Waals surface area contributed by atoms with Gasteiger partial charge in [-0.3, -0.25) is 0 Å². The minimum atomic E-state index is -0.174. The van der Waals surface area contributed by atoms with Gasteiger partial charge in [0, 0.05) is 12.7 Å². The number of hydrogen-bond donors (Lipinski definition) is 1. The lowest BCUT2D eigenvalue weighted by Crippen LogP contribution is -2.60. The predicted octanol–water partition coefficient (Wildman–Crippen LogP) is 1.04. The van der Waals surface area contributed by atoms with Gasteiger partial charge in [-0.15, -0.1) is 0 Å². The molecule has 1 N–H and O–H groups in total. The molecule has 3 heteroatoms. The summed E-state index contributed by atoms with van der Waals surface area (Å²) in [6.45, 7) is 2.80. The number of nitrogens with zero attached hydrogens (tertiary/aromatic N) is 2. The third-order valence-corrected chi connectivity index (χ3v) is 2.59. The average molecular weight is 178 g/mol. The molecule has 3 nitrogen and oxygen atoms in total. The van der Waals surface area contributed by atoms with Crippen LogP contribution in [0.3, 0.4) is 0 Å². The smallest absolute Gasteiger partial charge is 0.128 e. The van der Waals surface area contributed by atoms with Crippen molar-refractivity contribution in [3.63, 3.8) is 0 Å². The monoisotopic (exact) mass is 178 g/mol. The lowest BCUT2D eigenvalue weighted by Gasteiger charge is -2.45. The fourth-order valence-electron chi connectivity index (χ4n) is 1.81. The molecule has 2 heterocycles. The predicted molar refractivity (Wildman–Crippen MR) is 51.7 cm³/mol. The van der Waals surface area contributed by atoms with Gasteiger partial charge in [-0.2, -0.15) is 0 Å². The van der Waals surface area contributed by atoms with E-state index in [1.165, 1.54) is 0 Å². The van der Waals surface area contributed by atoms with Crippen molar-refractivity contribution in [3.05, 3.63) is 24.4 Å². The number of anilines is 1. The van der Waals surface area contributed by atoms with E-state index in [1.54, 1.807) is 6.20 Å². The summed E-state index contributed by atoms with van der Waals surface area (Å²) in [7, 11) is 0. The van der Waals surface area contributed by atoms with Gasteiger partial charge in [-0.1, -0.05) is 13.0 Å². The maximum atomic E-state index is 9.47. The molecular formula is C10H14N2O. The Kier molecular flexibility index (Phi) is 2.19. The van der Waals surface area contributed by atoms with E-state index in [0.717, 1.165) is 18.8 Å². The highest BCUT2D eigenvalue weighted by Crippen LogP contribution is 2.26. The first-order valence-electron chi connectivity index (χ1n) is 4.68. The van der Waals surface area contributed by atoms with Gasteiger partial charge in [0.25, 0.3) is 0 Å². The molecular weight excluding hydrogens is 164 g/mol. The normalized spacial score (nSPS) is 27.1. The van der Waals surface area contributed by atoms with Crippen LogP contribution >= 0.6 is 0 Å². The molecule has 1 aliphatic heterocycles. The Labute approximate surface area is 78.0 Å². The van der Waals surface area contributed by atoms with Gasteiger partial charge in [0.1, 0.15) is 5.82 Å². The van der Waals surface area contributed by atoms with Gasteiger partial charge in [0.05, 0.1) is 12.1 Å². The van der Waals surface area contributed by atoms with Crippen LogP contribution in [0.5, 0.6) is 0 Å². The summed E-state index contributed by atoms with van der Waals surface area (Å²) >= 11 is 0. The number of β-amino-alcohol motifs (C(OH)–C–C–N with tert-alkyl or cyclic N) is 1. The fourth-order valence-corrected chi connectivity index (χ4v) is 1.81. The van der Waals surface area contributed by atoms with Crippen LogP contribution in [0, 0.1) is 0 Å². The molecule has 0 radical (unpaired) electrons. The number of pyridine rings is 1. The van der Waals surface area contributed by atoms with Crippen LogP contribution in [0.25, 0.3) is 0 Å². The minimum absolute atomic E-state index is 0.174. The lowest BCUT2D eigenvalue weighted by molar-refractivity contribution is 0.0885. The zero-order valence-electron chi connectivity index (χ0n) is 7.72. The molecule has 2 atom stereocenters. The molecule has 13 heavy (non-hydrogen) atoms. The molecule has 0 saturated carbocycles. The molecule has 1 aromatic rings. The van der Waals surface area contributed by atoms with Crippen LogP contribution in [0.15, 0.2) is 24.4 Å². The van der Waals surface area contributed by atoms with E-state index in [0.29, 0.717) is 0 Å². The molecule has 0 amide bonds. The fraction of sp³-hybridized carbons (Fsp3) is 0.500. The zero-order chi connectivity index (χ0) is 9.26. The minimum Gasteiger partial charge on any atom is -0.389 e.